The molecule has 1 atom stereocenters. The summed E-state index contributed by atoms with van der Waals surface area (Å²) in [5, 5.41) is 4.88. The first-order valence-corrected chi connectivity index (χ1v) is 7.67. The van der Waals surface area contributed by atoms with E-state index in [1.807, 2.05) is 30.3 Å². The molecule has 2 rings (SSSR count). The maximum atomic E-state index is 6.31. The van der Waals surface area contributed by atoms with E-state index >= 15 is 0 Å². The second-order valence-electron chi connectivity index (χ2n) is 4.95. The van der Waals surface area contributed by atoms with Crippen molar-refractivity contribution in [2.45, 2.75) is 26.3 Å². The number of hydrogen-bond acceptors (Lipinski definition) is 2. The SMILES string of the molecule is CCC(Nc1ccc(OC)cc1C)c1ccc(Cl)cc1Cl. The molecule has 0 fully saturated rings. The lowest BCUT2D eigenvalue weighted by molar-refractivity contribution is 0.414. The monoisotopic (exact) mass is 323 g/mol. The van der Waals surface area contributed by atoms with Crippen LogP contribution in [0.5, 0.6) is 5.75 Å². The number of halogens is 2. The fraction of sp³-hybridized carbons (Fsp3) is 0.294. The summed E-state index contributed by atoms with van der Waals surface area (Å²) in [6, 6.07) is 11.8. The zero-order valence-electron chi connectivity index (χ0n) is 12.4. The normalized spacial score (nSPS) is 12.0. The van der Waals surface area contributed by atoms with Crippen LogP contribution in [0.2, 0.25) is 10.0 Å². The van der Waals surface area contributed by atoms with E-state index < -0.39 is 0 Å². The fourth-order valence-corrected chi connectivity index (χ4v) is 2.84. The summed E-state index contributed by atoms with van der Waals surface area (Å²) in [4.78, 5) is 0. The number of benzene rings is 2. The Morgan fingerprint density at radius 3 is 2.48 bits per heavy atom. The first-order chi connectivity index (χ1) is 10.0. The van der Waals surface area contributed by atoms with E-state index in [2.05, 4.69) is 19.2 Å². The number of anilines is 1. The molecule has 2 aromatic carbocycles. The van der Waals surface area contributed by atoms with Crippen LogP contribution in [0.25, 0.3) is 0 Å². The molecule has 2 aromatic rings. The third-order valence-corrected chi connectivity index (χ3v) is 4.07. The van der Waals surface area contributed by atoms with Gasteiger partial charge in [-0.05, 0) is 54.8 Å². The lowest BCUT2D eigenvalue weighted by atomic mass is 10.0. The quantitative estimate of drug-likeness (QED) is 0.742. The summed E-state index contributed by atoms with van der Waals surface area (Å²) in [7, 11) is 1.67. The molecule has 0 radical (unpaired) electrons. The molecule has 1 unspecified atom stereocenters. The summed E-state index contributed by atoms with van der Waals surface area (Å²) in [5.41, 5.74) is 3.27. The number of rotatable bonds is 5. The predicted molar refractivity (Wildman–Crippen MR) is 90.8 cm³/mol. The molecule has 0 amide bonds. The van der Waals surface area contributed by atoms with Crippen LogP contribution in [-0.2, 0) is 0 Å². The number of ether oxygens (including phenoxy) is 1. The van der Waals surface area contributed by atoms with E-state index in [4.69, 9.17) is 27.9 Å². The van der Waals surface area contributed by atoms with E-state index in [1.165, 1.54) is 0 Å². The van der Waals surface area contributed by atoms with Gasteiger partial charge in [-0.3, -0.25) is 0 Å². The van der Waals surface area contributed by atoms with Crippen LogP contribution < -0.4 is 10.1 Å². The Morgan fingerprint density at radius 1 is 1.14 bits per heavy atom. The topological polar surface area (TPSA) is 21.3 Å². The van der Waals surface area contributed by atoms with Crippen molar-refractivity contribution < 1.29 is 4.74 Å². The van der Waals surface area contributed by atoms with Crippen molar-refractivity contribution in [2.75, 3.05) is 12.4 Å². The third-order valence-electron chi connectivity index (χ3n) is 3.51. The molecule has 1 N–H and O–H groups in total. The summed E-state index contributed by atoms with van der Waals surface area (Å²) < 4.78 is 5.23. The maximum Gasteiger partial charge on any atom is 0.119 e. The molecule has 21 heavy (non-hydrogen) atoms. The van der Waals surface area contributed by atoms with Gasteiger partial charge < -0.3 is 10.1 Å². The molecule has 0 spiro atoms. The van der Waals surface area contributed by atoms with Crippen molar-refractivity contribution in [1.82, 2.24) is 0 Å². The number of nitrogens with one attached hydrogen (secondary N) is 1. The van der Waals surface area contributed by atoms with Gasteiger partial charge in [-0.2, -0.15) is 0 Å². The molecule has 0 aliphatic carbocycles. The Bertz CT molecular complexity index is 628. The van der Waals surface area contributed by atoms with Crippen molar-refractivity contribution in [1.29, 1.82) is 0 Å². The van der Waals surface area contributed by atoms with Crippen LogP contribution in [0, 0.1) is 6.92 Å². The summed E-state index contributed by atoms with van der Waals surface area (Å²) in [6.07, 6.45) is 0.923. The van der Waals surface area contributed by atoms with Gasteiger partial charge in [0.15, 0.2) is 0 Å². The molecular formula is C17H19Cl2NO. The molecule has 0 aromatic heterocycles. The summed E-state index contributed by atoms with van der Waals surface area (Å²) in [5.74, 6) is 0.857. The van der Waals surface area contributed by atoms with Gasteiger partial charge in [-0.1, -0.05) is 36.2 Å². The van der Waals surface area contributed by atoms with Crippen LogP contribution in [0.3, 0.4) is 0 Å². The molecule has 0 heterocycles. The van der Waals surface area contributed by atoms with Gasteiger partial charge in [0.2, 0.25) is 0 Å². The highest BCUT2D eigenvalue weighted by molar-refractivity contribution is 6.35. The average molecular weight is 324 g/mol. The molecule has 112 valence electrons. The van der Waals surface area contributed by atoms with Crippen LogP contribution in [0.4, 0.5) is 5.69 Å². The molecule has 0 saturated carbocycles. The zero-order valence-corrected chi connectivity index (χ0v) is 13.9. The van der Waals surface area contributed by atoms with Gasteiger partial charge in [0.1, 0.15) is 5.75 Å². The van der Waals surface area contributed by atoms with Gasteiger partial charge in [0.25, 0.3) is 0 Å². The lowest BCUT2D eigenvalue weighted by Gasteiger charge is -2.21. The van der Waals surface area contributed by atoms with Crippen LogP contribution >= 0.6 is 23.2 Å². The highest BCUT2D eigenvalue weighted by Gasteiger charge is 2.14. The number of hydrogen-bond donors (Lipinski definition) is 1. The van der Waals surface area contributed by atoms with Gasteiger partial charge in [0, 0.05) is 15.7 Å². The van der Waals surface area contributed by atoms with E-state index in [0.717, 1.165) is 29.0 Å². The average Bonchev–Trinajstić information content (AvgIpc) is 2.47. The van der Waals surface area contributed by atoms with Gasteiger partial charge >= 0.3 is 0 Å². The zero-order chi connectivity index (χ0) is 15.4. The summed E-state index contributed by atoms with van der Waals surface area (Å²) in [6.45, 7) is 4.18. The largest absolute Gasteiger partial charge is 0.497 e. The van der Waals surface area contributed by atoms with Gasteiger partial charge in [0.05, 0.1) is 13.2 Å². The second kappa shape index (κ2) is 7.06. The molecule has 0 bridgehead atoms. The van der Waals surface area contributed by atoms with Crippen molar-refractivity contribution in [3.8, 4) is 5.75 Å². The molecule has 2 nitrogen and oxygen atoms in total. The predicted octanol–water partition coefficient (Wildman–Crippen LogP) is 5.87. The molecule has 0 aliphatic heterocycles. The van der Waals surface area contributed by atoms with Crippen molar-refractivity contribution in [3.05, 3.63) is 57.6 Å². The summed E-state index contributed by atoms with van der Waals surface area (Å²) >= 11 is 12.3. The number of aryl methyl sites for hydroxylation is 1. The second-order valence-corrected chi connectivity index (χ2v) is 5.80. The van der Waals surface area contributed by atoms with Gasteiger partial charge in [-0.15, -0.1) is 0 Å². The Labute approximate surface area is 136 Å². The van der Waals surface area contributed by atoms with Crippen molar-refractivity contribution in [3.63, 3.8) is 0 Å². The van der Waals surface area contributed by atoms with E-state index in [0.29, 0.717) is 10.0 Å². The van der Waals surface area contributed by atoms with Gasteiger partial charge in [-0.25, -0.2) is 0 Å². The van der Waals surface area contributed by atoms with Crippen molar-refractivity contribution in [2.24, 2.45) is 0 Å². The minimum Gasteiger partial charge on any atom is -0.497 e. The van der Waals surface area contributed by atoms with Crippen LogP contribution in [0.1, 0.15) is 30.5 Å². The lowest BCUT2D eigenvalue weighted by Crippen LogP contribution is -2.11. The highest BCUT2D eigenvalue weighted by atomic mass is 35.5. The van der Waals surface area contributed by atoms with E-state index in [-0.39, 0.29) is 6.04 Å². The third kappa shape index (κ3) is 3.84. The molecule has 4 heteroatoms. The minimum atomic E-state index is 0.141. The number of methoxy groups -OCH3 is 1. The molecular weight excluding hydrogens is 305 g/mol. The van der Waals surface area contributed by atoms with E-state index in [1.54, 1.807) is 13.2 Å². The maximum absolute atomic E-state index is 6.31. The Balaban J connectivity index is 2.26. The Hall–Kier alpha value is -1.38. The smallest absolute Gasteiger partial charge is 0.119 e. The first-order valence-electron chi connectivity index (χ1n) is 6.91. The van der Waals surface area contributed by atoms with E-state index in [9.17, 15) is 0 Å². The Morgan fingerprint density at radius 2 is 1.90 bits per heavy atom. The van der Waals surface area contributed by atoms with Crippen molar-refractivity contribution >= 4 is 28.9 Å². The highest BCUT2D eigenvalue weighted by Crippen LogP contribution is 2.32. The first kappa shape index (κ1) is 16.0. The minimum absolute atomic E-state index is 0.141. The molecule has 0 aliphatic rings. The van der Waals surface area contributed by atoms with Crippen LogP contribution in [-0.4, -0.2) is 7.11 Å². The standard InChI is InChI=1S/C17H19Cl2NO/c1-4-16(14-7-5-12(18)10-15(14)19)20-17-8-6-13(21-3)9-11(17)2/h5-10,16,20H,4H2,1-3H3. The van der Waals surface area contributed by atoms with Crippen LogP contribution in [0.15, 0.2) is 36.4 Å². The Kier molecular flexibility index (Phi) is 5.38. The molecule has 0 saturated heterocycles. The fourth-order valence-electron chi connectivity index (χ4n) is 2.30.